The summed E-state index contributed by atoms with van der Waals surface area (Å²) in [7, 11) is 0. The lowest BCUT2D eigenvalue weighted by atomic mass is 10.1. The first kappa shape index (κ1) is 14.8. The fraction of sp³-hybridized carbons (Fsp3) is 0.0769. The maximum absolute atomic E-state index is 13.4. The van der Waals surface area contributed by atoms with Gasteiger partial charge in [0, 0.05) is 6.07 Å². The van der Waals surface area contributed by atoms with Gasteiger partial charge >= 0.3 is 6.18 Å². The summed E-state index contributed by atoms with van der Waals surface area (Å²) < 4.78 is 40.1. The molecule has 4 nitrogen and oxygen atoms in total. The average molecular weight is 344 g/mol. The Morgan fingerprint density at radius 1 is 1.32 bits per heavy atom. The number of aromatic amines is 1. The highest BCUT2D eigenvalue weighted by Gasteiger charge is 2.38. The third kappa shape index (κ3) is 2.32. The van der Waals surface area contributed by atoms with E-state index in [0.717, 1.165) is 17.4 Å². The molecular weight excluding hydrogens is 335 g/mol. The number of anilines is 1. The third-order valence-corrected chi connectivity index (χ3v) is 5.11. The van der Waals surface area contributed by atoms with E-state index < -0.39 is 17.6 Å². The highest BCUT2D eigenvalue weighted by atomic mass is 32.1. The zero-order valence-electron chi connectivity index (χ0n) is 10.8. The van der Waals surface area contributed by atoms with E-state index in [1.165, 1.54) is 11.3 Å². The molecule has 0 aromatic carbocycles. The number of H-pyrrole nitrogens is 1. The molecular formula is C13H9F3N3OS2+. The second kappa shape index (κ2) is 4.96. The molecule has 0 aliphatic heterocycles. The Bertz CT molecular complexity index is 869. The van der Waals surface area contributed by atoms with Crippen LogP contribution in [0.2, 0.25) is 0 Å². The lowest BCUT2D eigenvalue weighted by molar-refractivity contribution is -0.328. The van der Waals surface area contributed by atoms with Crippen LogP contribution in [0.1, 0.15) is 15.2 Å². The first-order chi connectivity index (χ1) is 10.3. The molecule has 5 N–H and O–H groups in total. The molecule has 0 unspecified atom stereocenters. The number of fused-ring (bicyclic) bond motifs is 1. The Morgan fingerprint density at radius 2 is 2.05 bits per heavy atom. The molecule has 114 valence electrons. The molecule has 0 bridgehead atoms. The molecule has 0 saturated carbocycles. The Hall–Kier alpha value is -2.13. The molecule has 0 radical (unpaired) electrons. The van der Waals surface area contributed by atoms with Crippen molar-refractivity contribution in [2.24, 2.45) is 5.73 Å². The lowest BCUT2D eigenvalue weighted by Gasteiger charge is -2.07. The Morgan fingerprint density at radius 3 is 2.59 bits per heavy atom. The summed E-state index contributed by atoms with van der Waals surface area (Å²) in [5.41, 5.74) is 10.1. The van der Waals surface area contributed by atoms with Gasteiger partial charge in [-0.1, -0.05) is 17.4 Å². The van der Waals surface area contributed by atoms with Crippen molar-refractivity contribution in [3.05, 3.63) is 34.0 Å². The third-order valence-electron chi connectivity index (χ3n) is 3.07. The van der Waals surface area contributed by atoms with Gasteiger partial charge in [0.15, 0.2) is 0 Å². The van der Waals surface area contributed by atoms with Gasteiger partial charge in [-0.25, -0.2) is 0 Å². The number of aromatic nitrogens is 1. The van der Waals surface area contributed by atoms with E-state index in [-0.39, 0.29) is 20.8 Å². The SMILES string of the molecule is NC(=O)c1sc2[nH+]c(-c3cccs3)cc(C(F)(F)F)c2c1N. The standard InChI is InChI=1S/C13H8F3N3OS2/c14-13(15,16)5-4-6(7-2-1-3-21-7)19-12-8(5)9(17)10(22-12)11(18)20/h1-4H,17H2,(H2,18,20)/p+1. The summed E-state index contributed by atoms with van der Waals surface area (Å²) in [6.07, 6.45) is -4.59. The van der Waals surface area contributed by atoms with Gasteiger partial charge < -0.3 is 11.5 Å². The van der Waals surface area contributed by atoms with Crippen LogP contribution >= 0.6 is 22.7 Å². The molecule has 0 atom stereocenters. The molecule has 3 aromatic rings. The van der Waals surface area contributed by atoms with E-state index in [2.05, 4.69) is 4.98 Å². The lowest BCUT2D eigenvalue weighted by Crippen LogP contribution is -2.14. The fourth-order valence-electron chi connectivity index (χ4n) is 2.15. The summed E-state index contributed by atoms with van der Waals surface area (Å²) in [4.78, 5) is 15.0. The number of carbonyl (C=O) groups is 1. The molecule has 1 amide bonds. The van der Waals surface area contributed by atoms with E-state index >= 15 is 0 Å². The number of nitrogens with two attached hydrogens (primary N) is 2. The van der Waals surface area contributed by atoms with Gasteiger partial charge in [-0.2, -0.15) is 18.2 Å². The maximum Gasteiger partial charge on any atom is 0.417 e. The van der Waals surface area contributed by atoms with Crippen molar-refractivity contribution in [1.29, 1.82) is 0 Å². The number of pyridine rings is 1. The minimum Gasteiger partial charge on any atom is -0.397 e. The van der Waals surface area contributed by atoms with Crippen LogP contribution < -0.4 is 16.5 Å². The largest absolute Gasteiger partial charge is 0.417 e. The monoisotopic (exact) mass is 344 g/mol. The molecule has 9 heteroatoms. The number of alkyl halides is 3. The molecule has 0 spiro atoms. The molecule has 0 saturated heterocycles. The zero-order chi connectivity index (χ0) is 16.1. The predicted molar refractivity (Wildman–Crippen MR) is 79.6 cm³/mol. The fourth-order valence-corrected chi connectivity index (χ4v) is 3.84. The number of hydrogen-bond acceptors (Lipinski definition) is 4. The minimum atomic E-state index is -4.59. The van der Waals surface area contributed by atoms with Crippen molar-refractivity contribution in [3.8, 4) is 10.6 Å². The van der Waals surface area contributed by atoms with E-state index in [9.17, 15) is 18.0 Å². The Labute approximate surface area is 130 Å². The number of nitrogen functional groups attached to an aromatic ring is 1. The van der Waals surface area contributed by atoms with Crippen LogP contribution in [-0.4, -0.2) is 5.91 Å². The van der Waals surface area contributed by atoms with E-state index in [4.69, 9.17) is 11.5 Å². The number of amides is 1. The van der Waals surface area contributed by atoms with Crippen molar-refractivity contribution in [3.63, 3.8) is 0 Å². The summed E-state index contributed by atoms with van der Waals surface area (Å²) in [6.45, 7) is 0. The van der Waals surface area contributed by atoms with Crippen LogP contribution in [-0.2, 0) is 6.18 Å². The van der Waals surface area contributed by atoms with Gasteiger partial charge in [0.2, 0.25) is 5.69 Å². The highest BCUT2D eigenvalue weighted by Crippen LogP contribution is 2.42. The number of halogens is 3. The van der Waals surface area contributed by atoms with Gasteiger partial charge in [0.05, 0.1) is 21.5 Å². The van der Waals surface area contributed by atoms with Crippen molar-refractivity contribution < 1.29 is 22.9 Å². The minimum absolute atomic E-state index is 0.0833. The number of rotatable bonds is 2. The van der Waals surface area contributed by atoms with E-state index in [1.807, 2.05) is 0 Å². The number of carbonyl (C=O) groups excluding carboxylic acids is 1. The van der Waals surface area contributed by atoms with Gasteiger partial charge in [-0.05, 0) is 11.4 Å². The van der Waals surface area contributed by atoms with Crippen LogP contribution in [0.5, 0.6) is 0 Å². The summed E-state index contributed by atoms with van der Waals surface area (Å²) in [6, 6.07) is 4.44. The number of hydrogen-bond donors (Lipinski definition) is 2. The first-order valence-electron chi connectivity index (χ1n) is 5.98. The van der Waals surface area contributed by atoms with Crippen LogP contribution in [0.15, 0.2) is 23.6 Å². The van der Waals surface area contributed by atoms with Crippen molar-refractivity contribution in [2.45, 2.75) is 6.18 Å². The van der Waals surface area contributed by atoms with Crippen LogP contribution in [0.3, 0.4) is 0 Å². The molecule has 3 rings (SSSR count). The molecule has 0 aliphatic rings. The van der Waals surface area contributed by atoms with Crippen molar-refractivity contribution in [1.82, 2.24) is 0 Å². The molecule has 3 aromatic heterocycles. The van der Waals surface area contributed by atoms with Gasteiger partial charge in [0.25, 0.3) is 10.7 Å². The second-order valence-electron chi connectivity index (χ2n) is 4.48. The zero-order valence-corrected chi connectivity index (χ0v) is 12.5. The Balaban J connectivity index is 2.39. The van der Waals surface area contributed by atoms with Crippen LogP contribution in [0.4, 0.5) is 18.9 Å². The maximum atomic E-state index is 13.4. The van der Waals surface area contributed by atoms with Crippen molar-refractivity contribution >= 4 is 44.5 Å². The van der Waals surface area contributed by atoms with Crippen LogP contribution in [0, 0.1) is 0 Å². The first-order valence-corrected chi connectivity index (χ1v) is 7.68. The highest BCUT2D eigenvalue weighted by molar-refractivity contribution is 7.20. The van der Waals surface area contributed by atoms with Crippen molar-refractivity contribution in [2.75, 3.05) is 5.73 Å². The summed E-state index contributed by atoms with van der Waals surface area (Å²) >= 11 is 2.13. The second-order valence-corrected chi connectivity index (χ2v) is 6.45. The summed E-state index contributed by atoms with van der Waals surface area (Å²) in [5, 5.41) is 1.55. The topological polar surface area (TPSA) is 83.2 Å². The van der Waals surface area contributed by atoms with Gasteiger partial charge in [0.1, 0.15) is 4.88 Å². The van der Waals surface area contributed by atoms with Crippen LogP contribution in [0.25, 0.3) is 20.8 Å². The molecule has 22 heavy (non-hydrogen) atoms. The predicted octanol–water partition coefficient (Wildman–Crippen LogP) is 3.14. The number of primary amides is 1. The number of nitrogens with one attached hydrogen (secondary N) is 1. The average Bonchev–Trinajstić information content (AvgIpc) is 3.05. The molecule has 0 fully saturated rings. The quantitative estimate of drug-likeness (QED) is 0.748. The molecule has 0 aliphatic carbocycles. The number of thiophene rings is 2. The molecule has 3 heterocycles. The van der Waals surface area contributed by atoms with E-state index in [0.29, 0.717) is 10.6 Å². The van der Waals surface area contributed by atoms with E-state index in [1.54, 1.807) is 17.5 Å². The normalized spacial score (nSPS) is 12.0. The smallest absolute Gasteiger partial charge is 0.397 e. The summed E-state index contributed by atoms with van der Waals surface area (Å²) in [5.74, 6) is -0.849. The van der Waals surface area contributed by atoms with Gasteiger partial charge in [-0.3, -0.25) is 4.79 Å². The Kier molecular flexibility index (Phi) is 3.33. The van der Waals surface area contributed by atoms with Gasteiger partial charge in [-0.15, -0.1) is 11.3 Å².